The summed E-state index contributed by atoms with van der Waals surface area (Å²) in [7, 11) is 1.91. The fraction of sp³-hybridized carbons (Fsp3) is 0.588. The van der Waals surface area contributed by atoms with Gasteiger partial charge in [-0.2, -0.15) is 0 Å². The average Bonchev–Trinajstić information content (AvgIpc) is 2.44. The molecule has 4 nitrogen and oxygen atoms in total. The first-order valence-electron chi connectivity index (χ1n) is 7.50. The topological polar surface area (TPSA) is 50.4 Å². The lowest BCUT2D eigenvalue weighted by molar-refractivity contribution is -0.124. The number of carbonyl (C=O) groups excluding carboxylic acids is 1. The Hall–Kier alpha value is -1.55. The van der Waals surface area contributed by atoms with E-state index in [0.29, 0.717) is 0 Å². The maximum absolute atomic E-state index is 12.0. The zero-order chi connectivity index (χ0) is 16.0. The maximum Gasteiger partial charge on any atom is 0.258 e. The SMILES string of the molecule is CCC(C)(C)NC(=O)COc1ccc(C)cc1C(C)NC. The molecule has 0 aliphatic rings. The van der Waals surface area contributed by atoms with Crippen LogP contribution in [-0.4, -0.2) is 25.1 Å². The Kier molecular flexibility index (Phi) is 6.21. The van der Waals surface area contributed by atoms with Crippen molar-refractivity contribution < 1.29 is 9.53 Å². The minimum atomic E-state index is -0.200. The molecule has 0 saturated carbocycles. The third-order valence-electron chi connectivity index (χ3n) is 3.79. The van der Waals surface area contributed by atoms with Gasteiger partial charge in [0.2, 0.25) is 0 Å². The lowest BCUT2D eigenvalue weighted by Gasteiger charge is -2.24. The number of benzene rings is 1. The van der Waals surface area contributed by atoms with Crippen molar-refractivity contribution in [2.75, 3.05) is 13.7 Å². The molecular formula is C17H28N2O2. The molecule has 1 rings (SSSR count). The summed E-state index contributed by atoms with van der Waals surface area (Å²) in [5.41, 5.74) is 2.05. The number of hydrogen-bond donors (Lipinski definition) is 2. The highest BCUT2D eigenvalue weighted by molar-refractivity contribution is 5.78. The van der Waals surface area contributed by atoms with Gasteiger partial charge < -0.3 is 15.4 Å². The molecule has 0 aliphatic carbocycles. The first-order chi connectivity index (χ1) is 9.79. The zero-order valence-electron chi connectivity index (χ0n) is 14.0. The third-order valence-corrected chi connectivity index (χ3v) is 3.79. The van der Waals surface area contributed by atoms with Crippen LogP contribution in [0.15, 0.2) is 18.2 Å². The fourth-order valence-electron chi connectivity index (χ4n) is 1.94. The molecule has 0 aromatic heterocycles. The second kappa shape index (κ2) is 7.46. The second-order valence-electron chi connectivity index (χ2n) is 6.13. The van der Waals surface area contributed by atoms with Gasteiger partial charge in [-0.15, -0.1) is 0 Å². The van der Waals surface area contributed by atoms with Crippen molar-refractivity contribution >= 4 is 5.91 Å². The van der Waals surface area contributed by atoms with E-state index in [1.807, 2.05) is 46.9 Å². The molecule has 0 saturated heterocycles. The average molecular weight is 292 g/mol. The van der Waals surface area contributed by atoms with E-state index in [0.717, 1.165) is 17.7 Å². The van der Waals surface area contributed by atoms with Crippen LogP contribution in [0.25, 0.3) is 0 Å². The summed E-state index contributed by atoms with van der Waals surface area (Å²) in [5.74, 6) is 0.664. The van der Waals surface area contributed by atoms with E-state index >= 15 is 0 Å². The van der Waals surface area contributed by atoms with E-state index in [2.05, 4.69) is 23.6 Å². The van der Waals surface area contributed by atoms with Crippen LogP contribution >= 0.6 is 0 Å². The first-order valence-corrected chi connectivity index (χ1v) is 7.50. The van der Waals surface area contributed by atoms with E-state index in [4.69, 9.17) is 4.74 Å². The summed E-state index contributed by atoms with van der Waals surface area (Å²) < 4.78 is 5.72. The number of amides is 1. The van der Waals surface area contributed by atoms with Gasteiger partial charge in [-0.25, -0.2) is 0 Å². The molecule has 0 aliphatic heterocycles. The quantitative estimate of drug-likeness (QED) is 0.812. The third kappa shape index (κ3) is 5.38. The first kappa shape index (κ1) is 17.5. The molecule has 0 radical (unpaired) electrons. The van der Waals surface area contributed by atoms with Gasteiger partial charge in [-0.3, -0.25) is 4.79 Å². The van der Waals surface area contributed by atoms with Crippen LogP contribution in [-0.2, 0) is 4.79 Å². The normalized spacial score (nSPS) is 12.9. The van der Waals surface area contributed by atoms with Gasteiger partial charge in [0.15, 0.2) is 6.61 Å². The van der Waals surface area contributed by atoms with Gasteiger partial charge in [0.05, 0.1) is 0 Å². The number of carbonyl (C=O) groups is 1. The summed E-state index contributed by atoms with van der Waals surface area (Å²) in [6.07, 6.45) is 0.880. The number of aryl methyl sites for hydroxylation is 1. The molecule has 1 aromatic rings. The van der Waals surface area contributed by atoms with Gasteiger partial charge in [0.25, 0.3) is 5.91 Å². The molecule has 1 amide bonds. The molecule has 0 spiro atoms. The van der Waals surface area contributed by atoms with E-state index in [1.165, 1.54) is 5.56 Å². The van der Waals surface area contributed by atoms with Crippen molar-refractivity contribution in [2.24, 2.45) is 0 Å². The van der Waals surface area contributed by atoms with E-state index in [9.17, 15) is 4.79 Å². The lowest BCUT2D eigenvalue weighted by atomic mass is 10.0. The van der Waals surface area contributed by atoms with Crippen molar-refractivity contribution in [2.45, 2.75) is 52.6 Å². The highest BCUT2D eigenvalue weighted by Crippen LogP contribution is 2.26. The van der Waals surface area contributed by atoms with Crippen LogP contribution < -0.4 is 15.4 Å². The largest absolute Gasteiger partial charge is 0.483 e. The standard InChI is InChI=1S/C17H28N2O2/c1-7-17(4,5)19-16(20)11-21-15-9-8-12(2)10-14(15)13(3)18-6/h8-10,13,18H,7,11H2,1-6H3,(H,19,20). The molecule has 2 N–H and O–H groups in total. The zero-order valence-corrected chi connectivity index (χ0v) is 14.0. The van der Waals surface area contributed by atoms with Crippen LogP contribution in [0.5, 0.6) is 5.75 Å². The number of ether oxygens (including phenoxy) is 1. The van der Waals surface area contributed by atoms with Crippen molar-refractivity contribution in [3.63, 3.8) is 0 Å². The Morgan fingerprint density at radius 1 is 1.38 bits per heavy atom. The fourth-order valence-corrected chi connectivity index (χ4v) is 1.94. The summed E-state index contributed by atoms with van der Waals surface area (Å²) in [6, 6.07) is 6.19. The Labute approximate surface area is 128 Å². The molecule has 0 heterocycles. The molecule has 118 valence electrons. The van der Waals surface area contributed by atoms with Gasteiger partial charge in [-0.05, 0) is 47.2 Å². The Morgan fingerprint density at radius 2 is 2.05 bits per heavy atom. The summed E-state index contributed by atoms with van der Waals surface area (Å²) >= 11 is 0. The van der Waals surface area contributed by atoms with E-state index < -0.39 is 0 Å². The van der Waals surface area contributed by atoms with Crippen LogP contribution in [0, 0.1) is 6.92 Å². The summed E-state index contributed by atoms with van der Waals surface area (Å²) in [4.78, 5) is 12.0. The molecule has 4 heteroatoms. The van der Waals surface area contributed by atoms with Crippen molar-refractivity contribution in [1.29, 1.82) is 0 Å². The minimum Gasteiger partial charge on any atom is -0.483 e. The van der Waals surface area contributed by atoms with E-state index in [1.54, 1.807) is 0 Å². The Morgan fingerprint density at radius 3 is 2.62 bits per heavy atom. The number of nitrogens with one attached hydrogen (secondary N) is 2. The van der Waals surface area contributed by atoms with Crippen LogP contribution in [0.2, 0.25) is 0 Å². The van der Waals surface area contributed by atoms with Crippen LogP contribution in [0.3, 0.4) is 0 Å². The molecular weight excluding hydrogens is 264 g/mol. The van der Waals surface area contributed by atoms with E-state index in [-0.39, 0.29) is 24.1 Å². The molecule has 1 unspecified atom stereocenters. The predicted molar refractivity (Wildman–Crippen MR) is 86.7 cm³/mol. The van der Waals surface area contributed by atoms with Crippen molar-refractivity contribution in [3.8, 4) is 5.75 Å². The van der Waals surface area contributed by atoms with Crippen LogP contribution in [0.4, 0.5) is 0 Å². The van der Waals surface area contributed by atoms with Gasteiger partial charge in [0, 0.05) is 17.1 Å². The highest BCUT2D eigenvalue weighted by Gasteiger charge is 2.18. The predicted octanol–water partition coefficient (Wildman–Crippen LogP) is 2.96. The Bertz CT molecular complexity index is 484. The summed E-state index contributed by atoms with van der Waals surface area (Å²) in [5, 5.41) is 6.17. The van der Waals surface area contributed by atoms with Crippen molar-refractivity contribution in [3.05, 3.63) is 29.3 Å². The molecule has 0 bridgehead atoms. The van der Waals surface area contributed by atoms with Gasteiger partial charge >= 0.3 is 0 Å². The lowest BCUT2D eigenvalue weighted by Crippen LogP contribution is -2.45. The molecule has 0 fully saturated rings. The van der Waals surface area contributed by atoms with Crippen molar-refractivity contribution in [1.82, 2.24) is 10.6 Å². The number of rotatable bonds is 7. The van der Waals surface area contributed by atoms with Gasteiger partial charge in [-0.1, -0.05) is 24.6 Å². The maximum atomic E-state index is 12.0. The highest BCUT2D eigenvalue weighted by atomic mass is 16.5. The van der Waals surface area contributed by atoms with Crippen LogP contribution in [0.1, 0.15) is 51.3 Å². The monoisotopic (exact) mass is 292 g/mol. The second-order valence-corrected chi connectivity index (χ2v) is 6.13. The van der Waals surface area contributed by atoms with Gasteiger partial charge in [0.1, 0.15) is 5.75 Å². The Balaban J connectivity index is 2.73. The molecule has 21 heavy (non-hydrogen) atoms. The summed E-state index contributed by atoms with van der Waals surface area (Å²) in [6.45, 7) is 10.2. The molecule has 1 atom stereocenters. The number of hydrogen-bond acceptors (Lipinski definition) is 3. The smallest absolute Gasteiger partial charge is 0.258 e. The minimum absolute atomic E-state index is 0.0376. The molecule has 1 aromatic carbocycles.